The van der Waals surface area contributed by atoms with Gasteiger partial charge in [-0.3, -0.25) is 9.10 Å². The summed E-state index contributed by atoms with van der Waals surface area (Å²) in [6.45, 7) is -0.286. The van der Waals surface area contributed by atoms with Gasteiger partial charge in [0.05, 0.1) is 17.7 Å². The van der Waals surface area contributed by atoms with Crippen LogP contribution in [-0.2, 0) is 14.8 Å². The maximum Gasteiger partial charge on any atom is 0.264 e. The SMILES string of the molecule is COc1ccccc1N(CC(=O)N[C@@H]1C[C@H]2CC[C@H]1C2)S(=O)(=O)c1ccccc1. The van der Waals surface area contributed by atoms with Crippen LogP contribution in [0.4, 0.5) is 5.69 Å². The Kier molecular flexibility index (Phi) is 5.50. The zero-order valence-corrected chi connectivity index (χ0v) is 17.3. The molecule has 154 valence electrons. The van der Waals surface area contributed by atoms with E-state index in [4.69, 9.17) is 4.74 Å². The molecule has 2 saturated carbocycles. The molecule has 0 saturated heterocycles. The van der Waals surface area contributed by atoms with Crippen LogP contribution in [0.2, 0.25) is 0 Å². The number of carbonyl (C=O) groups excluding carboxylic acids is 1. The van der Waals surface area contributed by atoms with Gasteiger partial charge in [0.25, 0.3) is 10.0 Å². The summed E-state index contributed by atoms with van der Waals surface area (Å²) >= 11 is 0. The van der Waals surface area contributed by atoms with Crippen LogP contribution in [0.15, 0.2) is 59.5 Å². The molecule has 0 unspecified atom stereocenters. The van der Waals surface area contributed by atoms with Gasteiger partial charge in [-0.15, -0.1) is 0 Å². The predicted octanol–water partition coefficient (Wildman–Crippen LogP) is 3.20. The quantitative estimate of drug-likeness (QED) is 0.755. The normalized spacial score (nSPS) is 23.0. The van der Waals surface area contributed by atoms with Crippen molar-refractivity contribution in [3.63, 3.8) is 0 Å². The third kappa shape index (κ3) is 3.96. The Morgan fingerprint density at radius 3 is 2.45 bits per heavy atom. The fourth-order valence-electron chi connectivity index (χ4n) is 4.66. The molecule has 29 heavy (non-hydrogen) atoms. The van der Waals surface area contributed by atoms with Crippen molar-refractivity contribution in [2.24, 2.45) is 11.8 Å². The van der Waals surface area contributed by atoms with Gasteiger partial charge in [0, 0.05) is 6.04 Å². The molecular formula is C22H26N2O4S. The summed E-state index contributed by atoms with van der Waals surface area (Å²) in [6.07, 6.45) is 4.56. The van der Waals surface area contributed by atoms with Crippen LogP contribution in [-0.4, -0.2) is 34.0 Å². The van der Waals surface area contributed by atoms with Crippen LogP contribution in [0, 0.1) is 11.8 Å². The molecule has 0 radical (unpaired) electrons. The van der Waals surface area contributed by atoms with Crippen molar-refractivity contribution in [2.45, 2.75) is 36.6 Å². The Hall–Kier alpha value is -2.54. The highest BCUT2D eigenvalue weighted by molar-refractivity contribution is 7.92. The highest BCUT2D eigenvalue weighted by atomic mass is 32.2. The zero-order valence-electron chi connectivity index (χ0n) is 16.5. The number of amides is 1. The summed E-state index contributed by atoms with van der Waals surface area (Å²) in [7, 11) is -2.45. The number of ether oxygens (including phenoxy) is 1. The Morgan fingerprint density at radius 1 is 1.07 bits per heavy atom. The van der Waals surface area contributed by atoms with Gasteiger partial charge in [-0.2, -0.15) is 0 Å². The van der Waals surface area contributed by atoms with E-state index in [2.05, 4.69) is 5.32 Å². The molecule has 1 amide bonds. The zero-order chi connectivity index (χ0) is 20.4. The van der Waals surface area contributed by atoms with Crippen molar-refractivity contribution in [3.05, 3.63) is 54.6 Å². The molecule has 2 fully saturated rings. The molecule has 0 aromatic heterocycles. The molecule has 7 heteroatoms. The van der Waals surface area contributed by atoms with Crippen LogP contribution in [0.3, 0.4) is 0 Å². The highest BCUT2D eigenvalue weighted by Gasteiger charge is 2.40. The number of sulfonamides is 1. The summed E-state index contributed by atoms with van der Waals surface area (Å²) in [5.41, 5.74) is 0.349. The van der Waals surface area contributed by atoms with Gasteiger partial charge in [-0.05, 0) is 55.4 Å². The van der Waals surface area contributed by atoms with E-state index in [-0.39, 0.29) is 23.4 Å². The molecular weight excluding hydrogens is 388 g/mol. The average molecular weight is 415 g/mol. The Morgan fingerprint density at radius 2 is 1.79 bits per heavy atom. The first-order valence-corrected chi connectivity index (χ1v) is 11.4. The second-order valence-electron chi connectivity index (χ2n) is 7.85. The van der Waals surface area contributed by atoms with Gasteiger partial charge in [0.15, 0.2) is 0 Å². The van der Waals surface area contributed by atoms with Crippen LogP contribution in [0.5, 0.6) is 5.75 Å². The standard InChI is InChI=1S/C22H26N2O4S/c1-28-21-10-6-5-9-20(21)24(29(26,27)18-7-3-2-4-8-18)15-22(25)23-19-14-16-11-12-17(19)13-16/h2-10,16-17,19H,11-15H2,1H3,(H,23,25)/t16-,17-,19+/m0/s1. The smallest absolute Gasteiger partial charge is 0.264 e. The predicted molar refractivity (Wildman–Crippen MR) is 111 cm³/mol. The molecule has 1 N–H and O–H groups in total. The lowest BCUT2D eigenvalue weighted by atomic mass is 9.95. The Balaban J connectivity index is 1.62. The van der Waals surface area contributed by atoms with Crippen LogP contribution in [0.1, 0.15) is 25.7 Å². The summed E-state index contributed by atoms with van der Waals surface area (Å²) in [5.74, 6) is 1.34. The van der Waals surface area contributed by atoms with E-state index < -0.39 is 10.0 Å². The van der Waals surface area contributed by atoms with Crippen molar-refractivity contribution < 1.29 is 17.9 Å². The minimum Gasteiger partial charge on any atom is -0.495 e. The van der Waals surface area contributed by atoms with Crippen LogP contribution < -0.4 is 14.4 Å². The number of benzene rings is 2. The molecule has 6 nitrogen and oxygen atoms in total. The van der Waals surface area contributed by atoms with Gasteiger partial charge in [-0.25, -0.2) is 8.42 Å². The molecule has 2 aliphatic carbocycles. The largest absolute Gasteiger partial charge is 0.495 e. The van der Waals surface area contributed by atoms with E-state index in [1.54, 1.807) is 42.5 Å². The van der Waals surface area contributed by atoms with E-state index >= 15 is 0 Å². The van der Waals surface area contributed by atoms with E-state index in [1.165, 1.54) is 32.1 Å². The minimum absolute atomic E-state index is 0.138. The number of rotatable bonds is 7. The highest BCUT2D eigenvalue weighted by Crippen LogP contribution is 2.44. The third-order valence-corrected chi connectivity index (χ3v) is 7.83. The summed E-state index contributed by atoms with van der Waals surface area (Å²) in [4.78, 5) is 13.0. The monoisotopic (exact) mass is 414 g/mol. The number of methoxy groups -OCH3 is 1. The topological polar surface area (TPSA) is 75.7 Å². The van der Waals surface area contributed by atoms with Gasteiger partial charge in [0.2, 0.25) is 5.91 Å². The number of carbonyl (C=O) groups is 1. The van der Waals surface area contributed by atoms with Crippen molar-refractivity contribution in [1.82, 2.24) is 5.32 Å². The second-order valence-corrected chi connectivity index (χ2v) is 9.71. The molecule has 4 rings (SSSR count). The summed E-state index contributed by atoms with van der Waals surface area (Å²) in [6, 6.07) is 15.2. The van der Waals surface area contributed by atoms with Gasteiger partial charge < -0.3 is 10.1 Å². The molecule has 0 heterocycles. The Labute approximate surface area is 171 Å². The third-order valence-electron chi connectivity index (χ3n) is 6.06. The summed E-state index contributed by atoms with van der Waals surface area (Å²) < 4.78 is 33.3. The molecule has 0 spiro atoms. The fourth-order valence-corrected chi connectivity index (χ4v) is 6.11. The number of nitrogens with zero attached hydrogens (tertiary/aromatic N) is 1. The minimum atomic E-state index is -3.93. The van der Waals surface area contributed by atoms with E-state index in [0.29, 0.717) is 23.3 Å². The fraction of sp³-hybridized carbons (Fsp3) is 0.409. The lowest BCUT2D eigenvalue weighted by Gasteiger charge is -2.28. The summed E-state index contributed by atoms with van der Waals surface area (Å²) in [5, 5.41) is 3.09. The maximum atomic E-state index is 13.4. The van der Waals surface area contributed by atoms with Crippen molar-refractivity contribution in [2.75, 3.05) is 18.0 Å². The molecule has 2 aliphatic rings. The second kappa shape index (κ2) is 8.06. The van der Waals surface area contributed by atoms with Crippen molar-refractivity contribution in [1.29, 1.82) is 0 Å². The molecule has 3 atom stereocenters. The van der Waals surface area contributed by atoms with Gasteiger partial charge in [0.1, 0.15) is 12.3 Å². The average Bonchev–Trinajstić information content (AvgIpc) is 3.36. The van der Waals surface area contributed by atoms with E-state index in [0.717, 1.165) is 17.1 Å². The molecule has 2 bridgehead atoms. The van der Waals surface area contributed by atoms with Gasteiger partial charge in [-0.1, -0.05) is 36.8 Å². The van der Waals surface area contributed by atoms with Gasteiger partial charge >= 0.3 is 0 Å². The first kappa shape index (κ1) is 19.8. The molecule has 2 aromatic rings. The molecule has 0 aliphatic heterocycles. The number of fused-ring (bicyclic) bond motifs is 2. The maximum absolute atomic E-state index is 13.4. The van der Waals surface area contributed by atoms with Crippen molar-refractivity contribution in [3.8, 4) is 5.75 Å². The van der Waals surface area contributed by atoms with Crippen LogP contribution >= 0.6 is 0 Å². The first-order valence-electron chi connectivity index (χ1n) is 9.99. The number of nitrogens with one attached hydrogen (secondary N) is 1. The van der Waals surface area contributed by atoms with E-state index in [9.17, 15) is 13.2 Å². The van der Waals surface area contributed by atoms with Crippen LogP contribution in [0.25, 0.3) is 0 Å². The number of hydrogen-bond donors (Lipinski definition) is 1. The first-order chi connectivity index (χ1) is 14.0. The van der Waals surface area contributed by atoms with E-state index in [1.807, 2.05) is 0 Å². The number of anilines is 1. The van der Waals surface area contributed by atoms with Crippen molar-refractivity contribution >= 4 is 21.6 Å². The number of hydrogen-bond acceptors (Lipinski definition) is 4. The number of para-hydroxylation sites is 2. The lowest BCUT2D eigenvalue weighted by molar-refractivity contribution is -0.120. The Bertz CT molecular complexity index is 977. The molecule has 2 aromatic carbocycles. The lowest BCUT2D eigenvalue weighted by Crippen LogP contribution is -2.46.